The molecule has 0 aliphatic carbocycles. The first-order valence-corrected chi connectivity index (χ1v) is 6.78. The first-order chi connectivity index (χ1) is 9.43. The number of benzene rings is 1. The number of nitrogens with one attached hydrogen (secondary N) is 2. The fraction of sp³-hybridized carbons (Fsp3) is 0.385. The highest BCUT2D eigenvalue weighted by Crippen LogP contribution is 2.19. The maximum absolute atomic E-state index is 11.7. The van der Waals surface area contributed by atoms with Crippen LogP contribution in [0.4, 0.5) is 10.5 Å². The Morgan fingerprint density at radius 2 is 2.15 bits per heavy atom. The zero-order chi connectivity index (χ0) is 15.1. The minimum Gasteiger partial charge on any atom is -0.480 e. The van der Waals surface area contributed by atoms with E-state index in [0.29, 0.717) is 5.69 Å². The molecule has 0 radical (unpaired) electrons. The maximum atomic E-state index is 11.7. The van der Waals surface area contributed by atoms with Gasteiger partial charge in [0.25, 0.3) is 0 Å². The van der Waals surface area contributed by atoms with Gasteiger partial charge in [-0.1, -0.05) is 15.9 Å². The second-order valence-corrected chi connectivity index (χ2v) is 5.09. The summed E-state index contributed by atoms with van der Waals surface area (Å²) < 4.78 is 5.75. The molecule has 1 atom stereocenters. The predicted molar refractivity (Wildman–Crippen MR) is 79.0 cm³/mol. The van der Waals surface area contributed by atoms with E-state index in [1.54, 1.807) is 12.1 Å². The number of halogens is 1. The van der Waals surface area contributed by atoms with Gasteiger partial charge in [-0.05, 0) is 30.7 Å². The summed E-state index contributed by atoms with van der Waals surface area (Å²) in [5.74, 6) is -1.09. The standard InChI is InChI=1S/C13H17BrN2O4/c1-8-7-9(3-4-10(8)14)15-13(19)16-11(12(17)18)5-6-20-2/h3-4,7,11H,5-6H2,1-2H3,(H,17,18)(H2,15,16,19). The number of hydrogen-bond acceptors (Lipinski definition) is 3. The van der Waals surface area contributed by atoms with Crippen molar-refractivity contribution >= 4 is 33.6 Å². The lowest BCUT2D eigenvalue weighted by molar-refractivity contribution is -0.139. The molecular formula is C13H17BrN2O4. The maximum Gasteiger partial charge on any atom is 0.326 e. The minimum absolute atomic E-state index is 0.207. The van der Waals surface area contributed by atoms with E-state index < -0.39 is 18.0 Å². The number of hydrogen-bond donors (Lipinski definition) is 3. The van der Waals surface area contributed by atoms with Crippen molar-refractivity contribution in [2.45, 2.75) is 19.4 Å². The molecule has 1 aromatic carbocycles. The number of ether oxygens (including phenoxy) is 1. The van der Waals surface area contributed by atoms with Gasteiger partial charge in [-0.2, -0.15) is 0 Å². The smallest absolute Gasteiger partial charge is 0.326 e. The highest BCUT2D eigenvalue weighted by Gasteiger charge is 2.19. The summed E-state index contributed by atoms with van der Waals surface area (Å²) in [7, 11) is 1.48. The highest BCUT2D eigenvalue weighted by atomic mass is 79.9. The third-order valence-corrected chi connectivity index (χ3v) is 3.52. The number of carboxylic acid groups (broad SMARTS) is 1. The summed E-state index contributed by atoms with van der Waals surface area (Å²) in [6.07, 6.45) is 0.207. The van der Waals surface area contributed by atoms with Crippen molar-refractivity contribution in [1.82, 2.24) is 5.32 Å². The molecule has 7 heteroatoms. The molecule has 1 unspecified atom stereocenters. The third kappa shape index (κ3) is 5.18. The molecule has 0 aromatic heterocycles. The van der Waals surface area contributed by atoms with Crippen LogP contribution >= 0.6 is 15.9 Å². The van der Waals surface area contributed by atoms with Crippen LogP contribution in [0.25, 0.3) is 0 Å². The fourth-order valence-electron chi connectivity index (χ4n) is 1.54. The molecule has 0 bridgehead atoms. The van der Waals surface area contributed by atoms with Crippen molar-refractivity contribution in [3.8, 4) is 0 Å². The van der Waals surface area contributed by atoms with Crippen LogP contribution in [0.5, 0.6) is 0 Å². The van der Waals surface area contributed by atoms with Gasteiger partial charge in [0.05, 0.1) is 0 Å². The molecule has 0 saturated heterocycles. The van der Waals surface area contributed by atoms with Crippen LogP contribution in [0, 0.1) is 6.92 Å². The Bertz CT molecular complexity index is 493. The van der Waals surface area contributed by atoms with Crippen molar-refractivity contribution in [3.63, 3.8) is 0 Å². The number of carboxylic acids is 1. The minimum atomic E-state index is -1.09. The van der Waals surface area contributed by atoms with Crippen molar-refractivity contribution in [3.05, 3.63) is 28.2 Å². The lowest BCUT2D eigenvalue weighted by atomic mass is 10.2. The van der Waals surface area contributed by atoms with Gasteiger partial charge in [-0.25, -0.2) is 9.59 Å². The topological polar surface area (TPSA) is 87.7 Å². The summed E-state index contributed by atoms with van der Waals surface area (Å²) in [6, 6.07) is 3.78. The Labute approximate surface area is 125 Å². The van der Waals surface area contributed by atoms with E-state index in [1.165, 1.54) is 7.11 Å². The molecule has 0 saturated carbocycles. The van der Waals surface area contributed by atoms with Crippen LogP contribution in [0.2, 0.25) is 0 Å². The molecule has 0 aliphatic heterocycles. The summed E-state index contributed by atoms with van der Waals surface area (Å²) in [5.41, 5.74) is 1.57. The Hall–Kier alpha value is -1.60. The Kier molecular flexibility index (Phi) is 6.47. The SMILES string of the molecule is COCCC(NC(=O)Nc1ccc(Br)c(C)c1)C(=O)O. The van der Waals surface area contributed by atoms with Crippen molar-refractivity contribution < 1.29 is 19.4 Å². The van der Waals surface area contributed by atoms with Gasteiger partial charge in [0.2, 0.25) is 0 Å². The van der Waals surface area contributed by atoms with Gasteiger partial charge in [0.15, 0.2) is 0 Å². The Balaban J connectivity index is 2.60. The number of anilines is 1. The zero-order valence-electron chi connectivity index (χ0n) is 11.3. The second kappa shape index (κ2) is 7.86. The quantitative estimate of drug-likeness (QED) is 0.739. The number of carbonyl (C=O) groups is 2. The van der Waals surface area contributed by atoms with Crippen LogP contribution in [0.15, 0.2) is 22.7 Å². The molecule has 1 rings (SSSR count). The summed E-state index contributed by atoms with van der Waals surface area (Å²) >= 11 is 3.36. The van der Waals surface area contributed by atoms with Gasteiger partial charge in [0, 0.05) is 30.3 Å². The average Bonchev–Trinajstić information content (AvgIpc) is 2.38. The lowest BCUT2D eigenvalue weighted by Gasteiger charge is -2.15. The number of aliphatic carboxylic acids is 1. The second-order valence-electron chi connectivity index (χ2n) is 4.23. The first kappa shape index (κ1) is 16.5. The van der Waals surface area contributed by atoms with Crippen molar-refractivity contribution in [2.24, 2.45) is 0 Å². The normalized spacial score (nSPS) is 11.8. The number of amides is 2. The molecular weight excluding hydrogens is 328 g/mol. The first-order valence-electron chi connectivity index (χ1n) is 5.99. The summed E-state index contributed by atoms with van der Waals surface area (Å²) in [6.45, 7) is 2.15. The molecule has 2 amide bonds. The van der Waals surface area contributed by atoms with E-state index in [9.17, 15) is 9.59 Å². The largest absolute Gasteiger partial charge is 0.480 e. The number of urea groups is 1. The zero-order valence-corrected chi connectivity index (χ0v) is 12.9. The van der Waals surface area contributed by atoms with E-state index in [-0.39, 0.29) is 13.0 Å². The molecule has 6 nitrogen and oxygen atoms in total. The van der Waals surface area contributed by atoms with Gasteiger partial charge < -0.3 is 20.5 Å². The Morgan fingerprint density at radius 3 is 2.70 bits per heavy atom. The van der Waals surface area contributed by atoms with Crippen LogP contribution in [0.1, 0.15) is 12.0 Å². The number of rotatable bonds is 6. The van der Waals surface area contributed by atoms with E-state index in [4.69, 9.17) is 9.84 Å². The highest BCUT2D eigenvalue weighted by molar-refractivity contribution is 9.10. The monoisotopic (exact) mass is 344 g/mol. The van der Waals surface area contributed by atoms with E-state index in [1.807, 2.05) is 13.0 Å². The van der Waals surface area contributed by atoms with E-state index >= 15 is 0 Å². The van der Waals surface area contributed by atoms with Gasteiger partial charge in [0.1, 0.15) is 6.04 Å². The number of aryl methyl sites for hydroxylation is 1. The molecule has 0 spiro atoms. The molecule has 3 N–H and O–H groups in total. The predicted octanol–water partition coefficient (Wildman–Crippen LogP) is 2.37. The van der Waals surface area contributed by atoms with Crippen LogP contribution in [-0.2, 0) is 9.53 Å². The van der Waals surface area contributed by atoms with Crippen molar-refractivity contribution in [1.29, 1.82) is 0 Å². The molecule has 110 valence electrons. The van der Waals surface area contributed by atoms with Crippen molar-refractivity contribution in [2.75, 3.05) is 19.0 Å². The van der Waals surface area contributed by atoms with Gasteiger partial charge in [-0.15, -0.1) is 0 Å². The van der Waals surface area contributed by atoms with Crippen LogP contribution in [0.3, 0.4) is 0 Å². The lowest BCUT2D eigenvalue weighted by Crippen LogP contribution is -2.43. The molecule has 0 fully saturated rings. The number of methoxy groups -OCH3 is 1. The molecule has 20 heavy (non-hydrogen) atoms. The molecule has 0 heterocycles. The summed E-state index contributed by atoms with van der Waals surface area (Å²) in [4.78, 5) is 22.7. The van der Waals surface area contributed by atoms with E-state index in [0.717, 1.165) is 10.0 Å². The van der Waals surface area contributed by atoms with Gasteiger partial charge >= 0.3 is 12.0 Å². The van der Waals surface area contributed by atoms with Gasteiger partial charge in [-0.3, -0.25) is 0 Å². The number of carbonyl (C=O) groups excluding carboxylic acids is 1. The van der Waals surface area contributed by atoms with Crippen LogP contribution in [-0.4, -0.2) is 36.9 Å². The van der Waals surface area contributed by atoms with E-state index in [2.05, 4.69) is 26.6 Å². The molecule has 0 aliphatic rings. The van der Waals surface area contributed by atoms with Crippen LogP contribution < -0.4 is 10.6 Å². The third-order valence-electron chi connectivity index (χ3n) is 2.63. The average molecular weight is 345 g/mol. The Morgan fingerprint density at radius 1 is 1.45 bits per heavy atom. The fourth-order valence-corrected chi connectivity index (χ4v) is 1.79. The summed E-state index contributed by atoms with van der Waals surface area (Å²) in [5, 5.41) is 14.0. The molecule has 1 aromatic rings.